The van der Waals surface area contributed by atoms with Crippen molar-refractivity contribution >= 4 is 6.41 Å². The van der Waals surface area contributed by atoms with Crippen LogP contribution >= 0.6 is 0 Å². The Labute approximate surface area is 99.2 Å². The molecule has 0 spiro atoms. The van der Waals surface area contributed by atoms with Crippen LogP contribution in [0.5, 0.6) is 5.75 Å². The Balaban J connectivity index is 2.94. The third-order valence-corrected chi connectivity index (χ3v) is 2.04. The van der Waals surface area contributed by atoms with E-state index in [1.165, 1.54) is 0 Å². The third kappa shape index (κ3) is 3.88. The fourth-order valence-electron chi connectivity index (χ4n) is 1.28. The number of benzene rings is 1. The highest BCUT2D eigenvalue weighted by atomic mass is 19.4. The highest BCUT2D eigenvalue weighted by Crippen LogP contribution is 2.27. The van der Waals surface area contributed by atoms with Crippen molar-refractivity contribution in [3.8, 4) is 5.75 Å². The van der Waals surface area contributed by atoms with Crippen LogP contribution in [0.3, 0.4) is 0 Å². The van der Waals surface area contributed by atoms with Crippen molar-refractivity contribution in [1.82, 2.24) is 5.32 Å². The second-order valence-electron chi connectivity index (χ2n) is 3.26. The third-order valence-electron chi connectivity index (χ3n) is 2.04. The maximum atomic E-state index is 13.3. The molecule has 100 valence electrons. The SMILES string of the molecule is O=CNC(CO)c1ccc(OC(F)(F)F)c(F)c1. The summed E-state index contributed by atoms with van der Waals surface area (Å²) in [7, 11) is 0. The van der Waals surface area contributed by atoms with Gasteiger partial charge < -0.3 is 15.2 Å². The first-order valence-corrected chi connectivity index (χ1v) is 4.73. The number of hydrogen-bond acceptors (Lipinski definition) is 3. The molecule has 1 atom stereocenters. The topological polar surface area (TPSA) is 58.6 Å². The zero-order valence-electron chi connectivity index (χ0n) is 8.87. The average molecular weight is 267 g/mol. The summed E-state index contributed by atoms with van der Waals surface area (Å²) < 4.78 is 52.4. The van der Waals surface area contributed by atoms with E-state index in [1.54, 1.807) is 0 Å². The van der Waals surface area contributed by atoms with Gasteiger partial charge in [0.2, 0.25) is 6.41 Å². The van der Waals surface area contributed by atoms with Crippen molar-refractivity contribution in [2.45, 2.75) is 12.4 Å². The fraction of sp³-hybridized carbons (Fsp3) is 0.300. The molecule has 0 bridgehead atoms. The van der Waals surface area contributed by atoms with E-state index in [0.29, 0.717) is 6.41 Å². The number of rotatable bonds is 5. The van der Waals surface area contributed by atoms with Crippen molar-refractivity contribution in [3.05, 3.63) is 29.6 Å². The molecule has 1 aromatic carbocycles. The van der Waals surface area contributed by atoms with Gasteiger partial charge in [-0.2, -0.15) is 0 Å². The summed E-state index contributed by atoms with van der Waals surface area (Å²) in [6.07, 6.45) is -4.70. The number of carbonyl (C=O) groups excluding carboxylic acids is 1. The van der Waals surface area contributed by atoms with Gasteiger partial charge in [-0.05, 0) is 17.7 Å². The first-order valence-electron chi connectivity index (χ1n) is 4.73. The standard InChI is InChI=1S/C10H9F4NO3/c11-7-3-6(8(4-16)15-5-17)1-2-9(7)18-10(12,13)14/h1-3,5,8,16H,4H2,(H,15,17). The van der Waals surface area contributed by atoms with Gasteiger partial charge in [-0.15, -0.1) is 13.2 Å². The van der Waals surface area contributed by atoms with Crippen LogP contribution in [0.15, 0.2) is 18.2 Å². The molecule has 8 heteroatoms. The van der Waals surface area contributed by atoms with E-state index >= 15 is 0 Å². The van der Waals surface area contributed by atoms with E-state index in [2.05, 4.69) is 10.1 Å². The first-order chi connectivity index (χ1) is 8.37. The number of alkyl halides is 3. The van der Waals surface area contributed by atoms with Crippen molar-refractivity contribution in [2.24, 2.45) is 0 Å². The van der Waals surface area contributed by atoms with Crippen LogP contribution in [-0.4, -0.2) is 24.5 Å². The summed E-state index contributed by atoms with van der Waals surface area (Å²) in [6.45, 7) is -0.516. The van der Waals surface area contributed by atoms with Crippen molar-refractivity contribution in [1.29, 1.82) is 0 Å². The molecular formula is C10H9F4NO3. The Bertz CT molecular complexity index is 422. The van der Waals surface area contributed by atoms with E-state index in [9.17, 15) is 22.4 Å². The number of aliphatic hydroxyl groups excluding tert-OH is 1. The zero-order chi connectivity index (χ0) is 13.8. The van der Waals surface area contributed by atoms with Crippen LogP contribution in [0.1, 0.15) is 11.6 Å². The minimum Gasteiger partial charge on any atom is -0.403 e. The minimum absolute atomic E-state index is 0.122. The highest BCUT2D eigenvalue weighted by Gasteiger charge is 2.32. The van der Waals surface area contributed by atoms with Gasteiger partial charge in [-0.1, -0.05) is 6.07 Å². The lowest BCUT2D eigenvalue weighted by Crippen LogP contribution is -2.23. The molecule has 0 saturated carbocycles. The summed E-state index contributed by atoms with van der Waals surface area (Å²) in [6, 6.07) is 1.74. The molecule has 4 nitrogen and oxygen atoms in total. The van der Waals surface area contributed by atoms with Crippen LogP contribution in [0.25, 0.3) is 0 Å². The smallest absolute Gasteiger partial charge is 0.403 e. The maximum Gasteiger partial charge on any atom is 0.573 e. The molecule has 0 radical (unpaired) electrons. The number of hydrogen-bond donors (Lipinski definition) is 2. The van der Waals surface area contributed by atoms with Gasteiger partial charge in [0.05, 0.1) is 12.6 Å². The molecule has 1 amide bonds. The van der Waals surface area contributed by atoms with E-state index < -0.39 is 30.6 Å². The van der Waals surface area contributed by atoms with E-state index in [-0.39, 0.29) is 5.56 Å². The van der Waals surface area contributed by atoms with E-state index in [0.717, 1.165) is 18.2 Å². The van der Waals surface area contributed by atoms with Crippen LogP contribution in [0, 0.1) is 5.82 Å². The Hall–Kier alpha value is -1.83. The molecule has 0 aliphatic rings. The molecular weight excluding hydrogens is 258 g/mol. The summed E-state index contributed by atoms with van der Waals surface area (Å²) in [5, 5.41) is 11.1. The summed E-state index contributed by atoms with van der Waals surface area (Å²) in [5.74, 6) is -2.22. The van der Waals surface area contributed by atoms with Gasteiger partial charge in [0.15, 0.2) is 11.6 Å². The summed E-state index contributed by atoms with van der Waals surface area (Å²) >= 11 is 0. The van der Waals surface area contributed by atoms with Crippen LogP contribution < -0.4 is 10.1 Å². The first kappa shape index (κ1) is 14.2. The number of halogens is 4. The Morgan fingerprint density at radius 2 is 2.11 bits per heavy atom. The normalized spacial score (nSPS) is 12.9. The van der Waals surface area contributed by atoms with Gasteiger partial charge in [-0.25, -0.2) is 4.39 Å². The lowest BCUT2D eigenvalue weighted by atomic mass is 10.1. The van der Waals surface area contributed by atoms with Crippen LogP contribution in [0.4, 0.5) is 17.6 Å². The molecule has 18 heavy (non-hydrogen) atoms. The number of ether oxygens (including phenoxy) is 1. The number of aliphatic hydroxyl groups is 1. The van der Waals surface area contributed by atoms with Crippen molar-refractivity contribution < 1.29 is 32.2 Å². The number of carbonyl (C=O) groups is 1. The van der Waals surface area contributed by atoms with Gasteiger partial charge in [0.1, 0.15) is 0 Å². The fourth-order valence-corrected chi connectivity index (χ4v) is 1.28. The number of nitrogens with one attached hydrogen (secondary N) is 1. The van der Waals surface area contributed by atoms with Crippen LogP contribution in [-0.2, 0) is 4.79 Å². The molecule has 0 fully saturated rings. The zero-order valence-corrected chi connectivity index (χ0v) is 8.87. The molecule has 2 N–H and O–H groups in total. The van der Waals surface area contributed by atoms with Crippen LogP contribution in [0.2, 0.25) is 0 Å². The largest absolute Gasteiger partial charge is 0.573 e. The average Bonchev–Trinajstić information content (AvgIpc) is 2.27. The molecule has 1 rings (SSSR count). The lowest BCUT2D eigenvalue weighted by Gasteiger charge is -2.15. The predicted molar refractivity (Wildman–Crippen MR) is 52.1 cm³/mol. The molecule has 0 heterocycles. The Morgan fingerprint density at radius 3 is 2.56 bits per heavy atom. The van der Waals surface area contributed by atoms with Crippen molar-refractivity contribution in [2.75, 3.05) is 6.61 Å². The second-order valence-corrected chi connectivity index (χ2v) is 3.26. The summed E-state index contributed by atoms with van der Waals surface area (Å²) in [4.78, 5) is 10.2. The summed E-state index contributed by atoms with van der Waals surface area (Å²) in [5.41, 5.74) is 0.122. The van der Waals surface area contributed by atoms with Gasteiger partial charge >= 0.3 is 6.36 Å². The lowest BCUT2D eigenvalue weighted by molar-refractivity contribution is -0.275. The van der Waals surface area contributed by atoms with E-state index in [1.807, 2.05) is 0 Å². The van der Waals surface area contributed by atoms with Crippen molar-refractivity contribution in [3.63, 3.8) is 0 Å². The van der Waals surface area contributed by atoms with Gasteiger partial charge in [0, 0.05) is 0 Å². The quantitative estimate of drug-likeness (QED) is 0.628. The molecule has 1 aromatic rings. The monoisotopic (exact) mass is 267 g/mol. The molecule has 1 unspecified atom stereocenters. The highest BCUT2D eigenvalue weighted by molar-refractivity contribution is 5.48. The molecule has 0 aliphatic heterocycles. The molecule has 0 aromatic heterocycles. The Kier molecular flexibility index (Phi) is 4.49. The minimum atomic E-state index is -4.99. The molecule has 0 saturated heterocycles. The van der Waals surface area contributed by atoms with E-state index in [4.69, 9.17) is 5.11 Å². The van der Waals surface area contributed by atoms with Gasteiger partial charge in [-0.3, -0.25) is 4.79 Å². The predicted octanol–water partition coefficient (Wildman–Crippen LogP) is 1.50. The van der Waals surface area contributed by atoms with Gasteiger partial charge in [0.25, 0.3) is 0 Å². The molecule has 0 aliphatic carbocycles. The second kappa shape index (κ2) is 5.67. The maximum absolute atomic E-state index is 13.3. The Morgan fingerprint density at radius 1 is 1.44 bits per heavy atom. The number of amides is 1.